The molecule has 0 saturated heterocycles. The van der Waals surface area contributed by atoms with Crippen LogP contribution in [0.3, 0.4) is 0 Å². The zero-order valence-electron chi connectivity index (χ0n) is 12.8. The Morgan fingerprint density at radius 2 is 1.61 bits per heavy atom. The zero-order valence-corrected chi connectivity index (χ0v) is 12.8. The molecule has 4 rings (SSSR count). The highest BCUT2D eigenvalue weighted by Gasteiger charge is 2.33. The van der Waals surface area contributed by atoms with E-state index < -0.39 is 0 Å². The molecule has 0 fully saturated rings. The van der Waals surface area contributed by atoms with Crippen LogP contribution < -0.4 is 10.6 Å². The highest BCUT2D eigenvalue weighted by Crippen LogP contribution is 2.40. The van der Waals surface area contributed by atoms with E-state index in [1.807, 2.05) is 36.4 Å². The molecular weight excluding hydrogens is 284 g/mol. The zero-order chi connectivity index (χ0) is 15.6. The molecule has 2 aromatic rings. The van der Waals surface area contributed by atoms with E-state index in [1.165, 1.54) is 16.7 Å². The van der Waals surface area contributed by atoms with Gasteiger partial charge in [-0.3, -0.25) is 0 Å². The van der Waals surface area contributed by atoms with Crippen LogP contribution in [0, 0.1) is 0 Å². The standard InChI is InChI=1S/C20H18N2O/c23-20-21-18(15-9-5-2-6-10-15)17-12-11-16(19(17)22-20)13-14-7-3-1-4-8-14/h1-10,13,18H,11-12H2,(H2,21,22,23)/b16-13-. The summed E-state index contributed by atoms with van der Waals surface area (Å²) in [5, 5.41) is 6.06. The highest BCUT2D eigenvalue weighted by atomic mass is 16.2. The molecule has 2 N–H and O–H groups in total. The number of allylic oxidation sites excluding steroid dienone is 1. The van der Waals surface area contributed by atoms with E-state index in [9.17, 15) is 4.79 Å². The number of carbonyl (C=O) groups excluding carboxylic acids is 1. The fourth-order valence-electron chi connectivity index (χ4n) is 3.37. The largest absolute Gasteiger partial charge is 0.327 e. The maximum absolute atomic E-state index is 12.1. The van der Waals surface area contributed by atoms with Crippen molar-refractivity contribution in [2.24, 2.45) is 0 Å². The lowest BCUT2D eigenvalue weighted by molar-refractivity contribution is 0.239. The summed E-state index contributed by atoms with van der Waals surface area (Å²) in [6, 6.07) is 20.3. The SMILES string of the molecule is O=C1NC2=C(CC/C2=C/c2ccccc2)C(c2ccccc2)N1. The van der Waals surface area contributed by atoms with Crippen LogP contribution in [0.4, 0.5) is 4.79 Å². The van der Waals surface area contributed by atoms with Gasteiger partial charge in [-0.05, 0) is 41.2 Å². The van der Waals surface area contributed by atoms with Crippen LogP contribution in [0.2, 0.25) is 0 Å². The second-order valence-corrected chi connectivity index (χ2v) is 5.92. The minimum Gasteiger partial charge on any atom is -0.327 e. The molecule has 3 heteroatoms. The monoisotopic (exact) mass is 302 g/mol. The minimum absolute atomic E-state index is 0.0263. The van der Waals surface area contributed by atoms with E-state index in [2.05, 4.69) is 41.0 Å². The van der Waals surface area contributed by atoms with Crippen molar-refractivity contribution in [2.45, 2.75) is 18.9 Å². The molecular formula is C20H18N2O. The van der Waals surface area contributed by atoms with Crippen LogP contribution >= 0.6 is 0 Å². The van der Waals surface area contributed by atoms with Gasteiger partial charge in [-0.1, -0.05) is 60.7 Å². The molecule has 2 aliphatic rings. The lowest BCUT2D eigenvalue weighted by Gasteiger charge is -2.27. The van der Waals surface area contributed by atoms with Crippen molar-refractivity contribution in [3.63, 3.8) is 0 Å². The molecule has 0 radical (unpaired) electrons. The van der Waals surface area contributed by atoms with Gasteiger partial charge in [0.1, 0.15) is 0 Å². The number of urea groups is 1. The van der Waals surface area contributed by atoms with E-state index in [4.69, 9.17) is 0 Å². The molecule has 3 nitrogen and oxygen atoms in total. The summed E-state index contributed by atoms with van der Waals surface area (Å²) in [7, 11) is 0. The Morgan fingerprint density at radius 3 is 2.35 bits per heavy atom. The van der Waals surface area contributed by atoms with E-state index in [-0.39, 0.29) is 12.1 Å². The van der Waals surface area contributed by atoms with Gasteiger partial charge in [0, 0.05) is 5.70 Å². The number of nitrogens with one attached hydrogen (secondary N) is 2. The van der Waals surface area contributed by atoms with Crippen molar-refractivity contribution in [1.82, 2.24) is 10.6 Å². The van der Waals surface area contributed by atoms with Crippen molar-refractivity contribution in [1.29, 1.82) is 0 Å². The Kier molecular flexibility index (Phi) is 3.46. The molecule has 0 bridgehead atoms. The van der Waals surface area contributed by atoms with Gasteiger partial charge in [-0.15, -0.1) is 0 Å². The van der Waals surface area contributed by atoms with Gasteiger partial charge in [0.05, 0.1) is 6.04 Å². The summed E-state index contributed by atoms with van der Waals surface area (Å²) in [5.74, 6) is 0. The van der Waals surface area contributed by atoms with Gasteiger partial charge in [-0.2, -0.15) is 0 Å². The Bertz CT molecular complexity index is 791. The third-order valence-electron chi connectivity index (χ3n) is 4.44. The normalized spacial score (nSPS) is 21.8. The first-order valence-electron chi connectivity index (χ1n) is 7.93. The molecule has 2 aromatic carbocycles. The van der Waals surface area contributed by atoms with E-state index in [0.29, 0.717) is 0 Å². The molecule has 1 aliphatic heterocycles. The number of hydrogen-bond donors (Lipinski definition) is 2. The third kappa shape index (κ3) is 2.66. The van der Waals surface area contributed by atoms with Crippen molar-refractivity contribution in [3.05, 3.63) is 88.6 Å². The maximum Gasteiger partial charge on any atom is 0.319 e. The van der Waals surface area contributed by atoms with Crippen LogP contribution in [-0.2, 0) is 0 Å². The molecule has 0 spiro atoms. The molecule has 2 amide bonds. The van der Waals surface area contributed by atoms with Crippen LogP contribution in [0.25, 0.3) is 6.08 Å². The molecule has 0 aromatic heterocycles. The molecule has 1 unspecified atom stereocenters. The van der Waals surface area contributed by atoms with Crippen molar-refractivity contribution in [2.75, 3.05) is 0 Å². The predicted molar refractivity (Wildman–Crippen MR) is 91.5 cm³/mol. The summed E-state index contributed by atoms with van der Waals surface area (Å²) in [4.78, 5) is 12.1. The predicted octanol–water partition coefficient (Wildman–Crippen LogP) is 4.17. The lowest BCUT2D eigenvalue weighted by Crippen LogP contribution is -2.43. The van der Waals surface area contributed by atoms with E-state index >= 15 is 0 Å². The Morgan fingerprint density at radius 1 is 0.913 bits per heavy atom. The second kappa shape index (κ2) is 5.76. The second-order valence-electron chi connectivity index (χ2n) is 5.92. The van der Waals surface area contributed by atoms with Gasteiger partial charge in [0.15, 0.2) is 0 Å². The summed E-state index contributed by atoms with van der Waals surface area (Å²) in [5.41, 5.74) is 5.79. The van der Waals surface area contributed by atoms with Gasteiger partial charge >= 0.3 is 6.03 Å². The molecule has 0 saturated carbocycles. The smallest absolute Gasteiger partial charge is 0.319 e. The van der Waals surface area contributed by atoms with Crippen LogP contribution in [-0.4, -0.2) is 6.03 Å². The summed E-state index contributed by atoms with van der Waals surface area (Å²) < 4.78 is 0. The summed E-state index contributed by atoms with van der Waals surface area (Å²) in [6.45, 7) is 0. The fourth-order valence-corrected chi connectivity index (χ4v) is 3.37. The average molecular weight is 302 g/mol. The Hall–Kier alpha value is -2.81. The number of rotatable bonds is 2. The van der Waals surface area contributed by atoms with Crippen molar-refractivity contribution < 1.29 is 4.79 Å². The van der Waals surface area contributed by atoms with E-state index in [0.717, 1.165) is 24.1 Å². The molecule has 114 valence electrons. The average Bonchev–Trinajstić information content (AvgIpc) is 2.99. The first kappa shape index (κ1) is 13.8. The molecule has 1 aliphatic carbocycles. The van der Waals surface area contributed by atoms with Crippen LogP contribution in [0.5, 0.6) is 0 Å². The van der Waals surface area contributed by atoms with Gasteiger partial charge in [0.2, 0.25) is 0 Å². The minimum atomic E-state index is -0.126. The summed E-state index contributed by atoms with van der Waals surface area (Å²) in [6.07, 6.45) is 4.11. The Balaban J connectivity index is 1.74. The fraction of sp³-hybridized carbons (Fsp3) is 0.150. The van der Waals surface area contributed by atoms with E-state index in [1.54, 1.807) is 0 Å². The lowest BCUT2D eigenvalue weighted by atomic mass is 9.96. The van der Waals surface area contributed by atoms with Crippen LogP contribution in [0.1, 0.15) is 30.0 Å². The molecule has 1 heterocycles. The third-order valence-corrected chi connectivity index (χ3v) is 4.44. The van der Waals surface area contributed by atoms with Gasteiger partial charge in [-0.25, -0.2) is 4.79 Å². The van der Waals surface area contributed by atoms with Crippen molar-refractivity contribution in [3.8, 4) is 0 Å². The number of carbonyl (C=O) groups is 1. The first-order chi connectivity index (χ1) is 11.3. The first-order valence-corrected chi connectivity index (χ1v) is 7.93. The van der Waals surface area contributed by atoms with Gasteiger partial charge in [0.25, 0.3) is 0 Å². The number of benzene rings is 2. The maximum atomic E-state index is 12.1. The Labute approximate surface area is 135 Å². The molecule has 23 heavy (non-hydrogen) atoms. The van der Waals surface area contributed by atoms with Crippen molar-refractivity contribution >= 4 is 12.1 Å². The highest BCUT2D eigenvalue weighted by molar-refractivity contribution is 5.82. The number of amides is 2. The topological polar surface area (TPSA) is 41.1 Å². The quantitative estimate of drug-likeness (QED) is 0.859. The molecule has 1 atom stereocenters. The van der Waals surface area contributed by atoms with Crippen LogP contribution in [0.15, 0.2) is 77.5 Å². The van der Waals surface area contributed by atoms with Gasteiger partial charge < -0.3 is 10.6 Å². The number of hydrogen-bond acceptors (Lipinski definition) is 1. The summed E-state index contributed by atoms with van der Waals surface area (Å²) >= 11 is 0.